The van der Waals surface area contributed by atoms with Gasteiger partial charge in [-0.1, -0.05) is 12.0 Å². The molecule has 0 amide bonds. The summed E-state index contributed by atoms with van der Waals surface area (Å²) in [6.45, 7) is 1.79. The summed E-state index contributed by atoms with van der Waals surface area (Å²) in [6.07, 6.45) is 5.51. The third-order valence-electron chi connectivity index (χ3n) is 3.95. The highest BCUT2D eigenvalue weighted by Gasteiger charge is 2.19. The van der Waals surface area contributed by atoms with E-state index in [0.717, 1.165) is 28.3 Å². The molecule has 1 aliphatic heterocycles. The number of methoxy groups -OCH3 is 2. The van der Waals surface area contributed by atoms with Gasteiger partial charge in [-0.3, -0.25) is 0 Å². The Balaban J connectivity index is 1.89. The monoisotopic (exact) mass is 507 g/mol. The van der Waals surface area contributed by atoms with Crippen LogP contribution in [0.15, 0.2) is 42.7 Å². The van der Waals surface area contributed by atoms with Crippen LogP contribution in [0.4, 0.5) is 11.4 Å². The van der Waals surface area contributed by atoms with Crippen LogP contribution in [0.5, 0.6) is 11.5 Å². The van der Waals surface area contributed by atoms with Crippen molar-refractivity contribution >= 4 is 38.5 Å². The zero-order valence-corrected chi connectivity index (χ0v) is 18.4. The van der Waals surface area contributed by atoms with Crippen molar-refractivity contribution in [2.75, 3.05) is 46.0 Å². The number of benzene rings is 2. The highest BCUT2D eigenvalue weighted by Crippen LogP contribution is 2.39. The molecule has 0 aromatic heterocycles. The number of amidine groups is 1. The fourth-order valence-electron chi connectivity index (χ4n) is 2.56. The maximum Gasteiger partial charge on any atom is 0.163 e. The molecule has 0 aliphatic carbocycles. The van der Waals surface area contributed by atoms with E-state index in [0.29, 0.717) is 37.9 Å². The van der Waals surface area contributed by atoms with Crippen molar-refractivity contribution in [2.24, 2.45) is 6.35 Å². The molecule has 0 fully saturated rings. The van der Waals surface area contributed by atoms with Gasteiger partial charge in [0.2, 0.25) is 0 Å². The molecule has 3 rings (SSSR count). The summed E-state index contributed by atoms with van der Waals surface area (Å²) in [5, 5.41) is 3.36. The molecular formula is C21H22IN3O4. The van der Waals surface area contributed by atoms with E-state index in [2.05, 4.69) is 17.6 Å². The lowest BCUT2D eigenvalue weighted by molar-refractivity contribution is 0.132. The molecule has 152 valence electrons. The smallest absolute Gasteiger partial charge is 0.163 e. The molecule has 1 aliphatic rings. The summed E-state index contributed by atoms with van der Waals surface area (Å²) >= 11 is -0.709. The van der Waals surface area contributed by atoms with Crippen molar-refractivity contribution in [1.82, 2.24) is 0 Å². The zero-order chi connectivity index (χ0) is 20.5. The number of fused-ring (bicyclic) bond motifs is 1. The van der Waals surface area contributed by atoms with Crippen molar-refractivity contribution in [3.05, 3.63) is 47.5 Å². The molecule has 7 nitrogen and oxygen atoms in total. The Morgan fingerprint density at radius 2 is 1.72 bits per heavy atom. The summed E-state index contributed by atoms with van der Waals surface area (Å²) in [5.74, 6) is 4.63. The van der Waals surface area contributed by atoms with Gasteiger partial charge in [-0.05, 0) is 24.3 Å². The van der Waals surface area contributed by atoms with Crippen LogP contribution in [-0.4, -0.2) is 46.5 Å². The Labute approximate surface area is 180 Å². The molecule has 0 spiro atoms. The second-order valence-corrected chi connectivity index (χ2v) is 7.34. The van der Waals surface area contributed by atoms with Gasteiger partial charge in [-0.25, -0.2) is 3.15 Å². The SMILES string of the molecule is C#Cc1cccc(NC2=NI=Nc3cc(OCCOC)c(OCCOC)cc32)c1. The number of ether oxygens (including phenoxy) is 4. The average Bonchev–Trinajstić information content (AvgIpc) is 2.75. The van der Waals surface area contributed by atoms with E-state index in [9.17, 15) is 0 Å². The number of anilines is 1. The van der Waals surface area contributed by atoms with E-state index < -0.39 is 21.3 Å². The average molecular weight is 507 g/mol. The molecule has 0 unspecified atom stereocenters. The van der Waals surface area contributed by atoms with Gasteiger partial charge >= 0.3 is 0 Å². The minimum atomic E-state index is -0.709. The molecule has 0 radical (unpaired) electrons. The maximum absolute atomic E-state index is 5.88. The van der Waals surface area contributed by atoms with E-state index in [-0.39, 0.29) is 0 Å². The van der Waals surface area contributed by atoms with Crippen LogP contribution in [0.3, 0.4) is 0 Å². The molecule has 1 N–H and O–H groups in total. The summed E-state index contributed by atoms with van der Waals surface area (Å²) in [5.41, 5.74) is 3.36. The van der Waals surface area contributed by atoms with E-state index in [1.54, 1.807) is 14.2 Å². The predicted molar refractivity (Wildman–Crippen MR) is 122 cm³/mol. The second kappa shape index (κ2) is 10.9. The number of hydrogen-bond donors (Lipinski definition) is 1. The topological polar surface area (TPSA) is 73.7 Å². The van der Waals surface area contributed by atoms with E-state index >= 15 is 0 Å². The van der Waals surface area contributed by atoms with Gasteiger partial charge in [0, 0.05) is 37.1 Å². The fourth-order valence-corrected chi connectivity index (χ4v) is 3.89. The summed E-state index contributed by atoms with van der Waals surface area (Å²) in [4.78, 5) is 0. The highest BCUT2D eigenvalue weighted by atomic mass is 127. The minimum Gasteiger partial charge on any atom is -0.487 e. The van der Waals surface area contributed by atoms with Gasteiger partial charge < -0.3 is 24.3 Å². The quantitative estimate of drug-likeness (QED) is 0.312. The molecule has 0 atom stereocenters. The largest absolute Gasteiger partial charge is 0.487 e. The van der Waals surface area contributed by atoms with Crippen molar-refractivity contribution in [2.45, 2.75) is 0 Å². The normalized spacial score (nSPS) is 12.2. The molecule has 8 heteroatoms. The lowest BCUT2D eigenvalue weighted by Crippen LogP contribution is -2.15. The molecule has 0 bridgehead atoms. The molecule has 1 heterocycles. The number of rotatable bonds is 9. The van der Waals surface area contributed by atoms with Crippen LogP contribution in [0.2, 0.25) is 0 Å². The third kappa shape index (κ3) is 5.76. The van der Waals surface area contributed by atoms with Crippen molar-refractivity contribution < 1.29 is 18.9 Å². The zero-order valence-electron chi connectivity index (χ0n) is 16.3. The molecule has 29 heavy (non-hydrogen) atoms. The number of halogens is 1. The van der Waals surface area contributed by atoms with Crippen molar-refractivity contribution in [3.63, 3.8) is 0 Å². The summed E-state index contributed by atoms with van der Waals surface area (Å²) in [7, 11) is 3.27. The van der Waals surface area contributed by atoms with E-state index in [1.807, 2.05) is 36.4 Å². The fraction of sp³-hybridized carbons (Fsp3) is 0.286. The number of terminal acetylenes is 1. The Morgan fingerprint density at radius 1 is 1.00 bits per heavy atom. The van der Waals surface area contributed by atoms with Crippen LogP contribution in [0, 0.1) is 12.3 Å². The number of nitrogens with zero attached hydrogens (tertiary/aromatic N) is 2. The van der Waals surface area contributed by atoms with E-state index in [4.69, 9.17) is 25.4 Å². The maximum atomic E-state index is 5.88. The molecule has 2 aromatic carbocycles. The predicted octanol–water partition coefficient (Wildman–Crippen LogP) is 4.29. The standard InChI is InChI=1S/C21H22IN3O4/c1-4-15-6-5-7-16(12-15)23-21-17-13-19(28-10-8-26-2)20(29-11-9-27-3)14-18(17)24-22-25-21/h1,5-7,12-14H,8-11H2,2-3H3,(H,23,24,25). The number of nitrogens with one attached hydrogen (secondary N) is 1. The van der Waals surface area contributed by atoms with Gasteiger partial charge in [0.05, 0.1) is 18.9 Å². The van der Waals surface area contributed by atoms with Gasteiger partial charge in [0.1, 0.15) is 40.4 Å². The van der Waals surface area contributed by atoms with Gasteiger partial charge in [0.25, 0.3) is 0 Å². The Bertz CT molecular complexity index is 953. The summed E-state index contributed by atoms with van der Waals surface area (Å²) < 4.78 is 31.1. The lowest BCUT2D eigenvalue weighted by atomic mass is 10.1. The van der Waals surface area contributed by atoms with Gasteiger partial charge in [-0.15, -0.1) is 6.42 Å². The highest BCUT2D eigenvalue weighted by molar-refractivity contribution is 14.1. The lowest BCUT2D eigenvalue weighted by Gasteiger charge is -2.18. The third-order valence-corrected chi connectivity index (χ3v) is 5.38. The van der Waals surface area contributed by atoms with Gasteiger partial charge in [-0.2, -0.15) is 3.21 Å². The summed E-state index contributed by atoms with van der Waals surface area (Å²) in [6, 6.07) is 11.4. The van der Waals surface area contributed by atoms with Gasteiger partial charge in [0.15, 0.2) is 11.5 Å². The first-order valence-electron chi connectivity index (χ1n) is 8.93. The first-order valence-corrected chi connectivity index (χ1v) is 10.9. The molecule has 0 saturated heterocycles. The van der Waals surface area contributed by atoms with Crippen LogP contribution < -0.4 is 14.8 Å². The van der Waals surface area contributed by atoms with Crippen LogP contribution in [-0.2, 0) is 9.47 Å². The number of hydrogen-bond acceptors (Lipinski definition) is 7. The molecule has 0 saturated carbocycles. The van der Waals surface area contributed by atoms with E-state index in [1.165, 1.54) is 0 Å². The van der Waals surface area contributed by atoms with Crippen molar-refractivity contribution in [1.29, 1.82) is 0 Å². The Kier molecular flexibility index (Phi) is 7.98. The first-order chi connectivity index (χ1) is 14.2. The molecule has 2 aromatic rings. The Hall–Kier alpha value is -2.48. The van der Waals surface area contributed by atoms with Crippen LogP contribution in [0.25, 0.3) is 0 Å². The minimum absolute atomic E-state index is 0.407. The Morgan fingerprint density at radius 3 is 2.41 bits per heavy atom. The molecular weight excluding hydrogens is 485 g/mol. The first kappa shape index (κ1) is 21.2. The van der Waals surface area contributed by atoms with Crippen molar-refractivity contribution in [3.8, 4) is 23.8 Å². The van der Waals surface area contributed by atoms with Crippen LogP contribution >= 0.6 is 21.3 Å². The second-order valence-electron chi connectivity index (χ2n) is 5.94. The van der Waals surface area contributed by atoms with Crippen LogP contribution in [0.1, 0.15) is 11.1 Å².